The van der Waals surface area contributed by atoms with E-state index in [0.717, 1.165) is 25.9 Å². The van der Waals surface area contributed by atoms with E-state index in [4.69, 9.17) is 0 Å². The number of rotatable bonds is 4. The molecule has 1 aliphatic heterocycles. The minimum Gasteiger partial charge on any atom is -0.316 e. The average molecular weight is 353 g/mol. The van der Waals surface area contributed by atoms with E-state index in [2.05, 4.69) is 32.9 Å². The maximum atomic E-state index is 12.1. The second kappa shape index (κ2) is 5.58. The summed E-state index contributed by atoms with van der Waals surface area (Å²) < 4.78 is 28.0. The van der Waals surface area contributed by atoms with Gasteiger partial charge in [0.2, 0.25) is 0 Å². The van der Waals surface area contributed by atoms with Gasteiger partial charge in [-0.25, -0.2) is 13.1 Å². The van der Waals surface area contributed by atoms with Gasteiger partial charge in [0, 0.05) is 17.6 Å². The highest BCUT2D eigenvalue weighted by Gasteiger charge is 2.29. The molecule has 1 aromatic heterocycles. The van der Waals surface area contributed by atoms with Crippen molar-refractivity contribution in [2.45, 2.75) is 24.0 Å². The van der Waals surface area contributed by atoms with Gasteiger partial charge in [-0.05, 0) is 52.2 Å². The molecule has 1 saturated heterocycles. The van der Waals surface area contributed by atoms with Gasteiger partial charge in [0.1, 0.15) is 4.21 Å². The molecule has 0 aromatic carbocycles. The molecule has 1 aromatic rings. The quantitative estimate of drug-likeness (QED) is 0.872. The Morgan fingerprint density at radius 1 is 1.61 bits per heavy atom. The van der Waals surface area contributed by atoms with Gasteiger partial charge in [-0.3, -0.25) is 0 Å². The maximum Gasteiger partial charge on any atom is 0.251 e. The van der Waals surface area contributed by atoms with Gasteiger partial charge in [-0.15, -0.1) is 11.3 Å². The number of hydrogen-bond acceptors (Lipinski definition) is 4. The number of thiophene rings is 1. The van der Waals surface area contributed by atoms with Gasteiger partial charge in [0.15, 0.2) is 0 Å². The molecule has 1 atom stereocenters. The van der Waals surface area contributed by atoms with Crippen LogP contribution in [-0.2, 0) is 10.0 Å². The average Bonchev–Trinajstić information content (AvgIpc) is 2.75. The van der Waals surface area contributed by atoms with Crippen molar-refractivity contribution in [1.82, 2.24) is 10.0 Å². The summed E-state index contributed by atoms with van der Waals surface area (Å²) in [7, 11) is -3.39. The summed E-state index contributed by atoms with van der Waals surface area (Å²) in [6.07, 6.45) is 2.15. The Hall–Kier alpha value is 0.0500. The Morgan fingerprint density at radius 3 is 2.94 bits per heavy atom. The summed E-state index contributed by atoms with van der Waals surface area (Å²) in [5.74, 6) is 0. The third-order valence-corrected chi connectivity index (χ3v) is 7.27. The van der Waals surface area contributed by atoms with Crippen LogP contribution in [0.4, 0.5) is 0 Å². The maximum absolute atomic E-state index is 12.1. The van der Waals surface area contributed by atoms with Crippen LogP contribution in [0.3, 0.4) is 0 Å². The van der Waals surface area contributed by atoms with Crippen LogP contribution in [0.5, 0.6) is 0 Å². The van der Waals surface area contributed by atoms with Crippen LogP contribution >= 0.6 is 27.3 Å². The standard InChI is InChI=1S/C11H17BrN2O2S2/c1-11(4-2-5-13-7-11)8-14-18(15,16)10-9(12)3-6-17-10/h3,6,13-14H,2,4-5,7-8H2,1H3. The Labute approximate surface area is 120 Å². The second-order valence-corrected chi connectivity index (χ2v) is 8.70. The Morgan fingerprint density at radius 2 is 2.39 bits per heavy atom. The van der Waals surface area contributed by atoms with Crippen LogP contribution in [-0.4, -0.2) is 28.1 Å². The van der Waals surface area contributed by atoms with Gasteiger partial charge in [0.25, 0.3) is 10.0 Å². The smallest absolute Gasteiger partial charge is 0.251 e. The highest BCUT2D eigenvalue weighted by molar-refractivity contribution is 9.10. The minimum atomic E-state index is -3.39. The zero-order chi connectivity index (χ0) is 13.2. The molecule has 0 spiro atoms. The number of hydrogen-bond donors (Lipinski definition) is 2. The molecule has 4 nitrogen and oxygen atoms in total. The number of sulfonamides is 1. The summed E-state index contributed by atoms with van der Waals surface area (Å²) in [6.45, 7) is 4.48. The van der Waals surface area contributed by atoms with E-state index in [1.165, 1.54) is 11.3 Å². The normalized spacial score (nSPS) is 25.2. The van der Waals surface area contributed by atoms with Crippen molar-refractivity contribution in [2.75, 3.05) is 19.6 Å². The summed E-state index contributed by atoms with van der Waals surface area (Å²) in [5.41, 5.74) is 0.00898. The highest BCUT2D eigenvalue weighted by atomic mass is 79.9. The number of nitrogens with one attached hydrogen (secondary N) is 2. The molecule has 0 radical (unpaired) electrons. The lowest BCUT2D eigenvalue weighted by molar-refractivity contribution is 0.238. The fourth-order valence-electron chi connectivity index (χ4n) is 2.08. The molecule has 7 heteroatoms. The van der Waals surface area contributed by atoms with Crippen molar-refractivity contribution in [2.24, 2.45) is 5.41 Å². The molecule has 1 unspecified atom stereocenters. The predicted octanol–water partition coefficient (Wildman–Crippen LogP) is 2.18. The molecule has 2 N–H and O–H groups in total. The van der Waals surface area contributed by atoms with Crippen molar-refractivity contribution in [3.05, 3.63) is 15.9 Å². The lowest BCUT2D eigenvalue weighted by atomic mass is 9.83. The zero-order valence-corrected chi connectivity index (χ0v) is 13.4. The first kappa shape index (κ1) is 14.5. The summed E-state index contributed by atoms with van der Waals surface area (Å²) in [4.78, 5) is 0. The SMILES string of the molecule is CC1(CNS(=O)(=O)c2sccc2Br)CCCNC1. The van der Waals surface area contributed by atoms with E-state index in [9.17, 15) is 8.42 Å². The monoisotopic (exact) mass is 352 g/mol. The molecule has 2 rings (SSSR count). The Balaban J connectivity index is 2.03. The van der Waals surface area contributed by atoms with Crippen LogP contribution in [0, 0.1) is 5.41 Å². The first-order chi connectivity index (χ1) is 8.43. The molecule has 0 aliphatic carbocycles. The van der Waals surface area contributed by atoms with Crippen molar-refractivity contribution in [1.29, 1.82) is 0 Å². The zero-order valence-electron chi connectivity index (χ0n) is 10.2. The first-order valence-electron chi connectivity index (χ1n) is 5.86. The van der Waals surface area contributed by atoms with Gasteiger partial charge in [0.05, 0.1) is 0 Å². The lowest BCUT2D eigenvalue weighted by Gasteiger charge is -2.34. The van der Waals surface area contributed by atoms with E-state index in [1.807, 2.05) is 0 Å². The fourth-order valence-corrected chi connectivity index (χ4v) is 5.66. The van der Waals surface area contributed by atoms with Crippen LogP contribution in [0.2, 0.25) is 0 Å². The molecule has 0 saturated carbocycles. The third kappa shape index (κ3) is 3.33. The van der Waals surface area contributed by atoms with E-state index in [-0.39, 0.29) is 5.41 Å². The summed E-state index contributed by atoms with van der Waals surface area (Å²) in [6, 6.07) is 1.75. The fraction of sp³-hybridized carbons (Fsp3) is 0.636. The molecule has 1 aliphatic rings. The van der Waals surface area contributed by atoms with Crippen LogP contribution < -0.4 is 10.0 Å². The van der Waals surface area contributed by atoms with Crippen LogP contribution in [0.25, 0.3) is 0 Å². The van der Waals surface area contributed by atoms with E-state index < -0.39 is 10.0 Å². The van der Waals surface area contributed by atoms with Crippen molar-refractivity contribution in [3.8, 4) is 0 Å². The first-order valence-corrected chi connectivity index (χ1v) is 9.02. The third-order valence-electron chi connectivity index (χ3n) is 3.20. The second-order valence-electron chi connectivity index (χ2n) is 4.97. The van der Waals surface area contributed by atoms with Crippen molar-refractivity contribution >= 4 is 37.3 Å². The molecule has 2 heterocycles. The Kier molecular flexibility index (Phi) is 4.48. The van der Waals surface area contributed by atoms with Crippen molar-refractivity contribution in [3.63, 3.8) is 0 Å². The Bertz CT molecular complexity index is 507. The van der Waals surface area contributed by atoms with Gasteiger partial charge in [-0.1, -0.05) is 6.92 Å². The van der Waals surface area contributed by atoms with Gasteiger partial charge < -0.3 is 5.32 Å². The van der Waals surface area contributed by atoms with Crippen LogP contribution in [0.1, 0.15) is 19.8 Å². The van der Waals surface area contributed by atoms with Crippen molar-refractivity contribution < 1.29 is 8.42 Å². The number of halogens is 1. The molecular formula is C11H17BrN2O2S2. The topological polar surface area (TPSA) is 58.2 Å². The minimum absolute atomic E-state index is 0.00898. The van der Waals surface area contributed by atoms with Gasteiger partial charge >= 0.3 is 0 Å². The largest absolute Gasteiger partial charge is 0.316 e. The molecule has 102 valence electrons. The van der Waals surface area contributed by atoms with E-state index in [0.29, 0.717) is 15.2 Å². The number of piperidine rings is 1. The predicted molar refractivity (Wildman–Crippen MR) is 77.4 cm³/mol. The highest BCUT2D eigenvalue weighted by Crippen LogP contribution is 2.29. The summed E-state index contributed by atoms with van der Waals surface area (Å²) in [5, 5.41) is 5.08. The molecule has 18 heavy (non-hydrogen) atoms. The van der Waals surface area contributed by atoms with Crippen LogP contribution in [0.15, 0.2) is 20.1 Å². The summed E-state index contributed by atoms with van der Waals surface area (Å²) >= 11 is 4.49. The van der Waals surface area contributed by atoms with E-state index in [1.54, 1.807) is 11.4 Å². The van der Waals surface area contributed by atoms with E-state index >= 15 is 0 Å². The molecule has 0 bridgehead atoms. The lowest BCUT2D eigenvalue weighted by Crippen LogP contribution is -2.45. The molecule has 1 fully saturated rings. The van der Waals surface area contributed by atoms with Gasteiger partial charge in [-0.2, -0.15) is 0 Å². The molecular weight excluding hydrogens is 336 g/mol. The molecule has 0 amide bonds.